The smallest absolute Gasteiger partial charge is 0.242 e. The molecule has 8 heteroatoms. The molecule has 34 heavy (non-hydrogen) atoms. The number of rotatable bonds is 14. The molecular weight excluding hydrogens is 430 g/mol. The van der Waals surface area contributed by atoms with E-state index in [1.165, 1.54) is 10.6 Å². The maximum absolute atomic E-state index is 12.9. The highest BCUT2D eigenvalue weighted by Gasteiger charge is 2.34. The highest BCUT2D eigenvalue weighted by molar-refractivity contribution is 5.87. The first-order valence-electron chi connectivity index (χ1n) is 11.7. The van der Waals surface area contributed by atoms with Crippen molar-refractivity contribution in [2.24, 2.45) is 0 Å². The summed E-state index contributed by atoms with van der Waals surface area (Å²) in [5.41, 5.74) is 4.76. The molecule has 1 heterocycles. The predicted molar refractivity (Wildman–Crippen MR) is 134 cm³/mol. The van der Waals surface area contributed by atoms with Gasteiger partial charge in [-0.3, -0.25) is 25.1 Å². The van der Waals surface area contributed by atoms with Gasteiger partial charge in [0.25, 0.3) is 0 Å². The van der Waals surface area contributed by atoms with Gasteiger partial charge in [-0.25, -0.2) is 5.01 Å². The molecule has 0 spiro atoms. The third-order valence-corrected chi connectivity index (χ3v) is 5.63. The Hall–Kier alpha value is -3.23. The number of likely N-dealkylation sites (N-methyl/N-ethyl adjacent to an activating group) is 1. The summed E-state index contributed by atoms with van der Waals surface area (Å²) in [4.78, 5) is 39.8. The van der Waals surface area contributed by atoms with Crippen molar-refractivity contribution in [3.63, 3.8) is 0 Å². The lowest BCUT2D eigenvalue weighted by Crippen LogP contribution is -2.64. The van der Waals surface area contributed by atoms with E-state index >= 15 is 0 Å². The second-order valence-corrected chi connectivity index (χ2v) is 8.28. The van der Waals surface area contributed by atoms with Gasteiger partial charge in [-0.05, 0) is 37.3 Å². The lowest BCUT2D eigenvalue weighted by Gasteiger charge is -2.42. The number of carbonyl (C=O) groups is 3. The van der Waals surface area contributed by atoms with E-state index in [-0.39, 0.29) is 31.1 Å². The monoisotopic (exact) mass is 467 g/mol. The number of hydrogen-bond acceptors (Lipinski definition) is 5. The molecule has 1 unspecified atom stereocenters. The number of hydrazine groups is 1. The molecule has 1 atom stereocenters. The Labute approximate surface area is 202 Å². The van der Waals surface area contributed by atoms with Gasteiger partial charge in [0.05, 0.1) is 13.1 Å². The van der Waals surface area contributed by atoms with E-state index in [2.05, 4.69) is 23.4 Å². The van der Waals surface area contributed by atoms with Gasteiger partial charge in [0, 0.05) is 20.1 Å². The van der Waals surface area contributed by atoms with Crippen molar-refractivity contribution in [2.45, 2.75) is 38.9 Å². The van der Waals surface area contributed by atoms with E-state index in [0.717, 1.165) is 24.8 Å². The van der Waals surface area contributed by atoms with E-state index in [4.69, 9.17) is 0 Å². The molecule has 1 fully saturated rings. The van der Waals surface area contributed by atoms with E-state index in [1.807, 2.05) is 54.3 Å². The van der Waals surface area contributed by atoms with Gasteiger partial charge in [0.2, 0.25) is 18.2 Å². The van der Waals surface area contributed by atoms with Crippen molar-refractivity contribution < 1.29 is 14.4 Å². The molecule has 2 N–H and O–H groups in total. The minimum Gasteiger partial charge on any atom is -0.338 e. The quantitative estimate of drug-likeness (QED) is 0.190. The third kappa shape index (κ3) is 8.96. The van der Waals surface area contributed by atoms with Gasteiger partial charge >= 0.3 is 0 Å². The first-order chi connectivity index (χ1) is 16.5. The van der Waals surface area contributed by atoms with Gasteiger partial charge in [-0.1, -0.05) is 61.2 Å². The fourth-order valence-corrected chi connectivity index (χ4v) is 3.90. The van der Waals surface area contributed by atoms with Crippen LogP contribution in [-0.4, -0.2) is 72.4 Å². The molecule has 0 aromatic heterocycles. The Balaban J connectivity index is 2.00. The van der Waals surface area contributed by atoms with Crippen LogP contribution in [0.3, 0.4) is 0 Å². The van der Waals surface area contributed by atoms with Crippen molar-refractivity contribution in [1.29, 1.82) is 0 Å². The minimum atomic E-state index is -0.311. The summed E-state index contributed by atoms with van der Waals surface area (Å²) >= 11 is 0. The van der Waals surface area contributed by atoms with Crippen LogP contribution in [0.15, 0.2) is 66.8 Å². The normalized spacial score (nSPS) is 16.9. The molecule has 0 radical (unpaired) electrons. The molecule has 1 saturated heterocycles. The van der Waals surface area contributed by atoms with E-state index in [0.29, 0.717) is 26.0 Å². The lowest BCUT2D eigenvalue weighted by atomic mass is 10.1. The van der Waals surface area contributed by atoms with Crippen LogP contribution in [0.1, 0.15) is 31.7 Å². The van der Waals surface area contributed by atoms with Gasteiger partial charge in [-0.15, -0.1) is 0 Å². The third-order valence-electron chi connectivity index (χ3n) is 5.63. The zero-order valence-corrected chi connectivity index (χ0v) is 20.3. The lowest BCUT2D eigenvalue weighted by molar-refractivity contribution is -0.151. The summed E-state index contributed by atoms with van der Waals surface area (Å²) in [5.74, 6) is -0.284. The van der Waals surface area contributed by atoms with E-state index in [9.17, 15) is 14.4 Å². The van der Waals surface area contributed by atoms with E-state index in [1.54, 1.807) is 18.0 Å². The second-order valence-electron chi connectivity index (χ2n) is 8.28. The summed E-state index contributed by atoms with van der Waals surface area (Å²) in [7, 11) is 1.61. The molecule has 1 aromatic carbocycles. The topological polar surface area (TPSA) is 85.0 Å². The van der Waals surface area contributed by atoms with E-state index < -0.39 is 0 Å². The summed E-state index contributed by atoms with van der Waals surface area (Å²) in [6.45, 7) is 7.41. The average Bonchev–Trinajstić information content (AvgIpc) is 2.82. The van der Waals surface area contributed by atoms with Crippen LogP contribution >= 0.6 is 0 Å². The maximum Gasteiger partial charge on any atom is 0.242 e. The van der Waals surface area contributed by atoms with Crippen molar-refractivity contribution in [2.75, 3.05) is 33.2 Å². The van der Waals surface area contributed by atoms with Gasteiger partial charge in [0.15, 0.2) is 0 Å². The second kappa shape index (κ2) is 14.8. The summed E-state index contributed by atoms with van der Waals surface area (Å²) in [6, 6.07) is 9.94. The maximum atomic E-state index is 12.9. The van der Waals surface area contributed by atoms with Gasteiger partial charge in [-0.2, -0.15) is 0 Å². The number of nitrogens with zero attached hydrogens (tertiary/aromatic N) is 3. The predicted octanol–water partition coefficient (Wildman–Crippen LogP) is 2.22. The number of nitrogens with one attached hydrogen (secondary N) is 2. The SMILES string of the molecule is C=C/C=C(\C=C/C)CCCCN1CC(NCc2ccccc2)N(C(=O)CN(C)NC=O)CC1=O. The van der Waals surface area contributed by atoms with Crippen molar-refractivity contribution >= 4 is 18.2 Å². The van der Waals surface area contributed by atoms with Gasteiger partial charge < -0.3 is 9.80 Å². The Bertz CT molecular complexity index is 868. The summed E-state index contributed by atoms with van der Waals surface area (Å²) in [5, 5.41) is 4.84. The fraction of sp³-hybridized carbons (Fsp3) is 0.423. The first-order valence-corrected chi connectivity index (χ1v) is 11.7. The molecule has 0 saturated carbocycles. The number of unbranched alkanes of at least 4 members (excludes halogenated alkanes) is 1. The molecule has 184 valence electrons. The largest absolute Gasteiger partial charge is 0.338 e. The average molecular weight is 468 g/mol. The number of piperazine rings is 1. The molecule has 0 aliphatic carbocycles. The van der Waals surface area contributed by atoms with Crippen LogP contribution in [0.4, 0.5) is 0 Å². The van der Waals surface area contributed by atoms with Crippen LogP contribution in [0.5, 0.6) is 0 Å². The molecule has 1 aliphatic rings. The number of amides is 3. The van der Waals surface area contributed by atoms with Crippen LogP contribution < -0.4 is 10.7 Å². The Morgan fingerprint density at radius 1 is 1.26 bits per heavy atom. The standard InChI is InChI=1S/C26H37N5O3/c1-4-11-22(12-5-2)13-9-10-16-30-18-24(27-17-23-14-7-6-8-15-23)31(20-25(30)33)26(34)19-29(3)28-21-32/h4-8,11-12,14-15,21,24,27H,1,9-10,13,16-20H2,2-3H3,(H,28,32)/b12-5-,22-11+. The van der Waals surface area contributed by atoms with Crippen LogP contribution in [-0.2, 0) is 20.9 Å². The molecule has 2 rings (SSSR count). The molecule has 8 nitrogen and oxygen atoms in total. The number of allylic oxidation sites excluding steroid dienone is 5. The molecule has 1 aliphatic heterocycles. The Kier molecular flexibility index (Phi) is 11.8. The van der Waals surface area contributed by atoms with Crippen molar-refractivity contribution in [1.82, 2.24) is 25.6 Å². The Morgan fingerprint density at radius 3 is 2.71 bits per heavy atom. The molecular formula is C26H37N5O3. The molecule has 3 amide bonds. The highest BCUT2D eigenvalue weighted by Crippen LogP contribution is 2.15. The van der Waals surface area contributed by atoms with Crippen molar-refractivity contribution in [3.05, 3.63) is 72.4 Å². The molecule has 0 bridgehead atoms. The van der Waals surface area contributed by atoms with Crippen LogP contribution in [0.2, 0.25) is 0 Å². The number of carbonyl (C=O) groups excluding carboxylic acids is 3. The minimum absolute atomic E-state index is 0.0143. The van der Waals surface area contributed by atoms with Crippen molar-refractivity contribution in [3.8, 4) is 0 Å². The number of hydrogen-bond donors (Lipinski definition) is 2. The van der Waals surface area contributed by atoms with Crippen LogP contribution in [0.25, 0.3) is 0 Å². The summed E-state index contributed by atoms with van der Waals surface area (Å²) in [6.07, 6.45) is 10.9. The molecule has 1 aromatic rings. The number of benzene rings is 1. The first kappa shape index (κ1) is 27.0. The zero-order chi connectivity index (χ0) is 24.8. The highest BCUT2D eigenvalue weighted by atomic mass is 16.2. The summed E-state index contributed by atoms with van der Waals surface area (Å²) < 4.78 is 0. The van der Waals surface area contributed by atoms with Crippen LogP contribution in [0, 0.1) is 0 Å². The fourth-order valence-electron chi connectivity index (χ4n) is 3.90. The van der Waals surface area contributed by atoms with Gasteiger partial charge in [0.1, 0.15) is 12.7 Å². The Morgan fingerprint density at radius 2 is 2.03 bits per heavy atom. The zero-order valence-electron chi connectivity index (χ0n) is 20.3.